The summed E-state index contributed by atoms with van der Waals surface area (Å²) in [5.41, 5.74) is 6.34. The van der Waals surface area contributed by atoms with Crippen LogP contribution in [0.4, 0.5) is 5.69 Å². The third-order valence-electron chi connectivity index (χ3n) is 4.42. The normalized spacial score (nSPS) is 12.7. The summed E-state index contributed by atoms with van der Waals surface area (Å²) < 4.78 is 5.57. The van der Waals surface area contributed by atoms with Gasteiger partial charge in [0, 0.05) is 24.8 Å². The standard InChI is InChI=1S/C21H27N3O3/c1-4-24(5-2)19(25)15-27-18-13-9-12-17(14-18)23-20(26)21(3,22)16-10-7-6-8-11-16/h6-14H,4-5,15,22H2,1-3H3,(H,23,26). The van der Waals surface area contributed by atoms with E-state index in [0.29, 0.717) is 24.5 Å². The maximum atomic E-state index is 12.6. The maximum Gasteiger partial charge on any atom is 0.260 e. The molecule has 0 bridgehead atoms. The molecule has 0 aliphatic rings. The van der Waals surface area contributed by atoms with Gasteiger partial charge < -0.3 is 20.7 Å². The molecule has 2 aromatic carbocycles. The topological polar surface area (TPSA) is 84.7 Å². The summed E-state index contributed by atoms with van der Waals surface area (Å²) in [4.78, 5) is 26.4. The van der Waals surface area contributed by atoms with Crippen molar-refractivity contribution < 1.29 is 14.3 Å². The minimum absolute atomic E-state index is 0.0439. The first-order valence-corrected chi connectivity index (χ1v) is 9.05. The Balaban J connectivity index is 2.03. The molecular weight excluding hydrogens is 342 g/mol. The molecule has 144 valence electrons. The lowest BCUT2D eigenvalue weighted by Crippen LogP contribution is -2.45. The number of benzene rings is 2. The monoisotopic (exact) mass is 369 g/mol. The molecule has 3 N–H and O–H groups in total. The third-order valence-corrected chi connectivity index (χ3v) is 4.42. The van der Waals surface area contributed by atoms with Gasteiger partial charge in [0.25, 0.3) is 5.91 Å². The number of ether oxygens (including phenoxy) is 1. The Morgan fingerprint density at radius 2 is 1.74 bits per heavy atom. The fourth-order valence-corrected chi connectivity index (χ4v) is 2.65. The van der Waals surface area contributed by atoms with E-state index in [1.54, 1.807) is 36.1 Å². The second-order valence-corrected chi connectivity index (χ2v) is 6.41. The number of nitrogens with zero attached hydrogens (tertiary/aromatic N) is 1. The number of carbonyl (C=O) groups is 2. The van der Waals surface area contributed by atoms with Crippen molar-refractivity contribution in [2.75, 3.05) is 25.0 Å². The molecule has 6 nitrogen and oxygen atoms in total. The van der Waals surface area contributed by atoms with Gasteiger partial charge in [-0.2, -0.15) is 0 Å². The summed E-state index contributed by atoms with van der Waals surface area (Å²) in [6, 6.07) is 16.1. The third kappa shape index (κ3) is 5.31. The number of amides is 2. The highest BCUT2D eigenvalue weighted by Crippen LogP contribution is 2.22. The number of likely N-dealkylation sites (N-methyl/N-ethyl adjacent to an activating group) is 1. The van der Waals surface area contributed by atoms with E-state index in [1.165, 1.54) is 0 Å². The van der Waals surface area contributed by atoms with E-state index in [1.807, 2.05) is 44.2 Å². The van der Waals surface area contributed by atoms with E-state index in [2.05, 4.69) is 5.32 Å². The fourth-order valence-electron chi connectivity index (χ4n) is 2.65. The van der Waals surface area contributed by atoms with Gasteiger partial charge in [-0.1, -0.05) is 36.4 Å². The second kappa shape index (κ2) is 9.19. The lowest BCUT2D eigenvalue weighted by atomic mass is 9.92. The van der Waals surface area contributed by atoms with Crippen LogP contribution < -0.4 is 15.8 Å². The van der Waals surface area contributed by atoms with Crippen LogP contribution >= 0.6 is 0 Å². The van der Waals surface area contributed by atoms with Crippen molar-refractivity contribution >= 4 is 17.5 Å². The summed E-state index contributed by atoms with van der Waals surface area (Å²) in [6.07, 6.45) is 0. The van der Waals surface area contributed by atoms with E-state index in [0.717, 1.165) is 5.56 Å². The quantitative estimate of drug-likeness (QED) is 0.749. The Morgan fingerprint density at radius 3 is 2.37 bits per heavy atom. The first-order valence-electron chi connectivity index (χ1n) is 9.05. The Hall–Kier alpha value is -2.86. The molecule has 0 aromatic heterocycles. The lowest BCUT2D eigenvalue weighted by molar-refractivity contribution is -0.133. The molecule has 0 saturated heterocycles. The van der Waals surface area contributed by atoms with Crippen molar-refractivity contribution in [2.24, 2.45) is 5.73 Å². The van der Waals surface area contributed by atoms with Crippen molar-refractivity contribution in [1.82, 2.24) is 4.90 Å². The molecule has 1 atom stereocenters. The van der Waals surface area contributed by atoms with Gasteiger partial charge in [-0.3, -0.25) is 9.59 Å². The zero-order chi connectivity index (χ0) is 19.9. The molecule has 2 aromatic rings. The first kappa shape index (κ1) is 20.5. The van der Waals surface area contributed by atoms with Crippen LogP contribution in [0.15, 0.2) is 54.6 Å². The van der Waals surface area contributed by atoms with Crippen LogP contribution in [0.25, 0.3) is 0 Å². The molecule has 6 heteroatoms. The summed E-state index contributed by atoms with van der Waals surface area (Å²) in [5.74, 6) is 0.102. The number of nitrogens with two attached hydrogens (primary N) is 1. The minimum atomic E-state index is -1.17. The number of hydrogen-bond acceptors (Lipinski definition) is 4. The van der Waals surface area contributed by atoms with Gasteiger partial charge in [0.15, 0.2) is 6.61 Å². The predicted molar refractivity (Wildman–Crippen MR) is 106 cm³/mol. The SMILES string of the molecule is CCN(CC)C(=O)COc1cccc(NC(=O)C(C)(N)c2ccccc2)c1. The smallest absolute Gasteiger partial charge is 0.260 e. The molecule has 27 heavy (non-hydrogen) atoms. The Morgan fingerprint density at radius 1 is 1.07 bits per heavy atom. The largest absolute Gasteiger partial charge is 0.484 e. The van der Waals surface area contributed by atoms with Crippen LogP contribution in [0.2, 0.25) is 0 Å². The van der Waals surface area contributed by atoms with Crippen molar-refractivity contribution in [3.05, 3.63) is 60.2 Å². The highest BCUT2D eigenvalue weighted by atomic mass is 16.5. The highest BCUT2D eigenvalue weighted by Gasteiger charge is 2.30. The van der Waals surface area contributed by atoms with Crippen LogP contribution in [-0.2, 0) is 15.1 Å². The average molecular weight is 369 g/mol. The Bertz CT molecular complexity index is 771. The van der Waals surface area contributed by atoms with E-state index >= 15 is 0 Å². The molecule has 0 heterocycles. The van der Waals surface area contributed by atoms with Crippen molar-refractivity contribution in [1.29, 1.82) is 0 Å². The summed E-state index contributed by atoms with van der Waals surface area (Å²) in [5, 5.41) is 2.81. The molecule has 0 fully saturated rings. The van der Waals surface area contributed by atoms with Crippen LogP contribution in [-0.4, -0.2) is 36.4 Å². The van der Waals surface area contributed by atoms with Gasteiger partial charge >= 0.3 is 0 Å². The van der Waals surface area contributed by atoms with E-state index in [4.69, 9.17) is 10.5 Å². The van der Waals surface area contributed by atoms with Crippen molar-refractivity contribution in [3.63, 3.8) is 0 Å². The van der Waals surface area contributed by atoms with Gasteiger partial charge in [-0.15, -0.1) is 0 Å². The number of rotatable bonds is 8. The maximum absolute atomic E-state index is 12.6. The van der Waals surface area contributed by atoms with Gasteiger partial charge in [0.05, 0.1) is 0 Å². The second-order valence-electron chi connectivity index (χ2n) is 6.41. The van der Waals surface area contributed by atoms with E-state index in [9.17, 15) is 9.59 Å². The van der Waals surface area contributed by atoms with Crippen LogP contribution in [0.5, 0.6) is 5.75 Å². The molecule has 0 spiro atoms. The Labute approximate surface area is 160 Å². The molecule has 0 saturated carbocycles. The van der Waals surface area contributed by atoms with E-state index < -0.39 is 5.54 Å². The van der Waals surface area contributed by atoms with Crippen molar-refractivity contribution in [3.8, 4) is 5.75 Å². The predicted octanol–water partition coefficient (Wildman–Crippen LogP) is 2.75. The minimum Gasteiger partial charge on any atom is -0.484 e. The number of nitrogens with one attached hydrogen (secondary N) is 1. The first-order chi connectivity index (χ1) is 12.9. The molecule has 0 radical (unpaired) electrons. The number of carbonyl (C=O) groups excluding carboxylic acids is 2. The molecule has 2 rings (SSSR count). The van der Waals surface area contributed by atoms with Gasteiger partial charge in [0.1, 0.15) is 11.3 Å². The summed E-state index contributed by atoms with van der Waals surface area (Å²) in [6.45, 7) is 6.76. The van der Waals surface area contributed by atoms with E-state index in [-0.39, 0.29) is 18.4 Å². The highest BCUT2D eigenvalue weighted by molar-refractivity contribution is 5.98. The average Bonchev–Trinajstić information content (AvgIpc) is 2.68. The van der Waals surface area contributed by atoms with Crippen molar-refractivity contribution in [2.45, 2.75) is 26.3 Å². The molecule has 1 unspecified atom stereocenters. The zero-order valence-corrected chi connectivity index (χ0v) is 16.1. The summed E-state index contributed by atoms with van der Waals surface area (Å²) >= 11 is 0. The van der Waals surface area contributed by atoms with Gasteiger partial charge in [-0.25, -0.2) is 0 Å². The fraction of sp³-hybridized carbons (Fsp3) is 0.333. The van der Waals surface area contributed by atoms with Crippen LogP contribution in [0.3, 0.4) is 0 Å². The summed E-state index contributed by atoms with van der Waals surface area (Å²) in [7, 11) is 0. The molecule has 0 aliphatic carbocycles. The van der Waals surface area contributed by atoms with Gasteiger partial charge in [0.2, 0.25) is 5.91 Å². The van der Waals surface area contributed by atoms with Crippen LogP contribution in [0.1, 0.15) is 26.3 Å². The number of hydrogen-bond donors (Lipinski definition) is 2. The lowest BCUT2D eigenvalue weighted by Gasteiger charge is -2.24. The zero-order valence-electron chi connectivity index (χ0n) is 16.1. The Kier molecular flexibility index (Phi) is 6.96. The molecular formula is C21H27N3O3. The molecule has 2 amide bonds. The van der Waals surface area contributed by atoms with Crippen LogP contribution in [0, 0.1) is 0 Å². The number of anilines is 1. The molecule has 0 aliphatic heterocycles. The van der Waals surface area contributed by atoms with Gasteiger partial charge in [-0.05, 0) is 38.5 Å².